The van der Waals surface area contributed by atoms with E-state index in [0.29, 0.717) is 5.58 Å². The minimum Gasteiger partial charge on any atom is -0.489 e. The fourth-order valence-corrected chi connectivity index (χ4v) is 4.30. The standard InChI is InChI=1S/C24H17NO3S/c1-15-9-10-21-19(11-15)17(13-23(26)28-21)14-27-18-6-4-5-16(12-18)24-25-20-7-2-3-8-22(20)29-24/h2-13H,14H2,1H3. The Balaban J connectivity index is 1.45. The van der Waals surface area contributed by atoms with Crippen LogP contribution in [0.3, 0.4) is 0 Å². The van der Waals surface area contributed by atoms with E-state index in [4.69, 9.17) is 14.1 Å². The topological polar surface area (TPSA) is 52.3 Å². The number of aryl methyl sites for hydroxylation is 1. The number of thiazole rings is 1. The third-order valence-corrected chi connectivity index (χ3v) is 5.84. The van der Waals surface area contributed by atoms with Gasteiger partial charge in [0.15, 0.2) is 0 Å². The summed E-state index contributed by atoms with van der Waals surface area (Å²) in [6.45, 7) is 2.30. The number of rotatable bonds is 4. The summed E-state index contributed by atoms with van der Waals surface area (Å²) >= 11 is 1.66. The van der Waals surface area contributed by atoms with Crippen molar-refractivity contribution in [1.29, 1.82) is 0 Å². The van der Waals surface area contributed by atoms with E-state index < -0.39 is 0 Å². The van der Waals surface area contributed by atoms with Crippen molar-refractivity contribution in [2.45, 2.75) is 13.5 Å². The number of nitrogens with zero attached hydrogens (tertiary/aromatic N) is 1. The third kappa shape index (κ3) is 3.52. The highest BCUT2D eigenvalue weighted by Crippen LogP contribution is 2.32. The van der Waals surface area contributed by atoms with E-state index in [2.05, 4.69) is 6.07 Å². The zero-order chi connectivity index (χ0) is 19.8. The maximum atomic E-state index is 11.9. The van der Waals surface area contributed by atoms with E-state index in [0.717, 1.165) is 43.1 Å². The highest BCUT2D eigenvalue weighted by molar-refractivity contribution is 7.21. The summed E-state index contributed by atoms with van der Waals surface area (Å²) in [4.78, 5) is 16.6. The molecule has 2 heterocycles. The molecule has 0 aliphatic rings. The van der Waals surface area contributed by atoms with Gasteiger partial charge in [0.2, 0.25) is 0 Å². The van der Waals surface area contributed by atoms with Crippen LogP contribution in [0.25, 0.3) is 31.8 Å². The van der Waals surface area contributed by atoms with Gasteiger partial charge in [0, 0.05) is 22.6 Å². The minimum atomic E-state index is -0.372. The quantitative estimate of drug-likeness (QED) is 0.350. The zero-order valence-corrected chi connectivity index (χ0v) is 16.5. The number of benzene rings is 3. The van der Waals surface area contributed by atoms with E-state index in [1.807, 2.05) is 67.6 Å². The molecule has 5 rings (SSSR count). The Hall–Kier alpha value is -3.44. The predicted molar refractivity (Wildman–Crippen MR) is 117 cm³/mol. The minimum absolute atomic E-state index is 0.287. The molecule has 0 fully saturated rings. The Labute approximate surface area is 171 Å². The summed E-state index contributed by atoms with van der Waals surface area (Å²) in [5.74, 6) is 0.732. The molecule has 5 heteroatoms. The van der Waals surface area contributed by atoms with Crippen molar-refractivity contribution in [3.63, 3.8) is 0 Å². The molecule has 5 aromatic rings. The van der Waals surface area contributed by atoms with Gasteiger partial charge in [-0.3, -0.25) is 0 Å². The molecule has 0 aliphatic carbocycles. The Kier molecular flexibility index (Phi) is 4.37. The lowest BCUT2D eigenvalue weighted by atomic mass is 10.1. The van der Waals surface area contributed by atoms with Gasteiger partial charge in [-0.15, -0.1) is 11.3 Å². The van der Waals surface area contributed by atoms with Crippen LogP contribution < -0.4 is 10.4 Å². The van der Waals surface area contributed by atoms with Crippen molar-refractivity contribution in [3.8, 4) is 16.3 Å². The van der Waals surface area contributed by atoms with Crippen LogP contribution in [-0.4, -0.2) is 4.98 Å². The molecule has 0 amide bonds. The molecule has 0 N–H and O–H groups in total. The average molecular weight is 399 g/mol. The van der Waals surface area contributed by atoms with Crippen molar-refractivity contribution in [2.75, 3.05) is 0 Å². The van der Waals surface area contributed by atoms with Gasteiger partial charge in [-0.1, -0.05) is 35.9 Å². The molecule has 4 nitrogen and oxygen atoms in total. The zero-order valence-electron chi connectivity index (χ0n) is 15.7. The smallest absolute Gasteiger partial charge is 0.336 e. The van der Waals surface area contributed by atoms with Gasteiger partial charge in [0.25, 0.3) is 0 Å². The molecule has 29 heavy (non-hydrogen) atoms. The second kappa shape index (κ2) is 7.18. The lowest BCUT2D eigenvalue weighted by molar-refractivity contribution is 0.307. The Morgan fingerprint density at radius 2 is 1.90 bits per heavy atom. The summed E-state index contributed by atoms with van der Waals surface area (Å²) in [6.07, 6.45) is 0. The molecule has 0 saturated carbocycles. The lowest BCUT2D eigenvalue weighted by Crippen LogP contribution is -2.04. The number of hydrogen-bond acceptors (Lipinski definition) is 5. The lowest BCUT2D eigenvalue weighted by Gasteiger charge is -2.09. The van der Waals surface area contributed by atoms with Gasteiger partial charge >= 0.3 is 5.63 Å². The first-order valence-corrected chi connectivity index (χ1v) is 10.1. The molecule has 0 unspecified atom stereocenters. The van der Waals surface area contributed by atoms with E-state index in [1.165, 1.54) is 6.07 Å². The van der Waals surface area contributed by atoms with E-state index >= 15 is 0 Å². The molecule has 0 spiro atoms. The highest BCUT2D eigenvalue weighted by Gasteiger charge is 2.09. The largest absolute Gasteiger partial charge is 0.489 e. The SMILES string of the molecule is Cc1ccc2oc(=O)cc(COc3cccc(-c4nc5ccccc5s4)c3)c2c1. The van der Waals surface area contributed by atoms with Crippen LogP contribution in [-0.2, 0) is 6.61 Å². The number of para-hydroxylation sites is 1. The van der Waals surface area contributed by atoms with Gasteiger partial charge in [0.1, 0.15) is 22.9 Å². The van der Waals surface area contributed by atoms with E-state index in [1.54, 1.807) is 11.3 Å². The van der Waals surface area contributed by atoms with Crippen molar-refractivity contribution in [3.05, 3.63) is 94.3 Å². The normalized spacial score (nSPS) is 11.2. The van der Waals surface area contributed by atoms with Crippen LogP contribution in [0.2, 0.25) is 0 Å². The van der Waals surface area contributed by atoms with Crippen LogP contribution in [0.5, 0.6) is 5.75 Å². The van der Waals surface area contributed by atoms with E-state index in [-0.39, 0.29) is 12.2 Å². The van der Waals surface area contributed by atoms with Crippen LogP contribution in [0.1, 0.15) is 11.1 Å². The number of hydrogen-bond donors (Lipinski definition) is 0. The van der Waals surface area contributed by atoms with Crippen molar-refractivity contribution < 1.29 is 9.15 Å². The van der Waals surface area contributed by atoms with Crippen molar-refractivity contribution in [2.24, 2.45) is 0 Å². The Morgan fingerprint density at radius 1 is 1.00 bits per heavy atom. The Bertz CT molecular complexity index is 1370. The summed E-state index contributed by atoms with van der Waals surface area (Å²) < 4.78 is 12.5. The first kappa shape index (κ1) is 17.6. The highest BCUT2D eigenvalue weighted by atomic mass is 32.1. The summed E-state index contributed by atoms with van der Waals surface area (Å²) in [5, 5.41) is 1.85. The molecule has 0 aliphatic heterocycles. The van der Waals surface area contributed by atoms with Gasteiger partial charge in [-0.05, 0) is 43.3 Å². The van der Waals surface area contributed by atoms with Crippen molar-refractivity contribution in [1.82, 2.24) is 4.98 Å². The molecule has 0 bridgehead atoms. The summed E-state index contributed by atoms with van der Waals surface area (Å²) in [5.41, 5.74) is 4.12. The molecule has 2 aromatic heterocycles. The third-order valence-electron chi connectivity index (χ3n) is 4.75. The second-order valence-electron chi connectivity index (χ2n) is 6.89. The summed E-state index contributed by atoms with van der Waals surface area (Å²) in [7, 11) is 0. The summed E-state index contributed by atoms with van der Waals surface area (Å²) in [6, 6.07) is 23.2. The van der Waals surface area contributed by atoms with Crippen LogP contribution >= 0.6 is 11.3 Å². The molecule has 0 saturated heterocycles. The maximum Gasteiger partial charge on any atom is 0.336 e. The van der Waals surface area contributed by atoms with Crippen LogP contribution in [0, 0.1) is 6.92 Å². The Morgan fingerprint density at radius 3 is 2.79 bits per heavy atom. The monoisotopic (exact) mass is 399 g/mol. The number of aromatic nitrogens is 1. The van der Waals surface area contributed by atoms with Gasteiger partial charge < -0.3 is 9.15 Å². The van der Waals surface area contributed by atoms with Crippen LogP contribution in [0.4, 0.5) is 0 Å². The number of ether oxygens (including phenoxy) is 1. The van der Waals surface area contributed by atoms with Gasteiger partial charge in [0.05, 0.1) is 10.2 Å². The molecule has 3 aromatic carbocycles. The second-order valence-corrected chi connectivity index (χ2v) is 7.92. The first-order valence-electron chi connectivity index (χ1n) is 9.28. The number of fused-ring (bicyclic) bond motifs is 2. The van der Waals surface area contributed by atoms with Gasteiger partial charge in [-0.2, -0.15) is 0 Å². The predicted octanol–water partition coefficient (Wildman–Crippen LogP) is 5.96. The fraction of sp³-hybridized carbons (Fsp3) is 0.0833. The molecule has 0 radical (unpaired) electrons. The molecular weight excluding hydrogens is 382 g/mol. The first-order chi connectivity index (χ1) is 14.2. The molecule has 0 atom stereocenters. The van der Waals surface area contributed by atoms with E-state index in [9.17, 15) is 4.79 Å². The van der Waals surface area contributed by atoms with Crippen LogP contribution in [0.15, 0.2) is 82.0 Å². The van der Waals surface area contributed by atoms with Gasteiger partial charge in [-0.25, -0.2) is 9.78 Å². The fourth-order valence-electron chi connectivity index (χ4n) is 3.34. The molecule has 142 valence electrons. The van der Waals surface area contributed by atoms with Crippen molar-refractivity contribution >= 4 is 32.5 Å². The average Bonchev–Trinajstić information content (AvgIpc) is 3.17. The molecular formula is C24H17NO3S. The maximum absolute atomic E-state index is 11.9.